The van der Waals surface area contributed by atoms with Crippen molar-refractivity contribution < 1.29 is 0 Å². The Morgan fingerprint density at radius 1 is 0.604 bits per heavy atom. The average Bonchev–Trinajstić information content (AvgIpc) is 3.70. The van der Waals surface area contributed by atoms with Crippen LogP contribution in [0.25, 0.3) is 72.9 Å². The molecule has 2 heterocycles. The van der Waals surface area contributed by atoms with Crippen LogP contribution in [-0.4, -0.2) is 9.13 Å². The molecule has 48 heavy (non-hydrogen) atoms. The third-order valence-corrected chi connectivity index (χ3v) is 10.2. The number of para-hydroxylation sites is 2. The summed E-state index contributed by atoms with van der Waals surface area (Å²) in [7, 11) is 0. The minimum absolute atomic E-state index is 0.122. The SMILES string of the molecule is C=C/C=C1\C(=C/C)c2cc3c4ccccc4n(-c4ccc(-c5ccc(-n6c(C=C)c(C=C)c7ccccc76)cc5)cc4)c3cc2C1(C)C. The van der Waals surface area contributed by atoms with Gasteiger partial charge >= 0.3 is 0 Å². The van der Waals surface area contributed by atoms with Crippen molar-refractivity contribution in [3.05, 3.63) is 175 Å². The van der Waals surface area contributed by atoms with Gasteiger partial charge in [-0.2, -0.15) is 0 Å². The summed E-state index contributed by atoms with van der Waals surface area (Å²) in [6.07, 6.45) is 10.2. The van der Waals surface area contributed by atoms with E-state index in [1.807, 2.05) is 18.2 Å². The van der Waals surface area contributed by atoms with Gasteiger partial charge in [0.2, 0.25) is 0 Å². The third kappa shape index (κ3) is 4.19. The zero-order chi connectivity index (χ0) is 33.2. The van der Waals surface area contributed by atoms with Crippen molar-refractivity contribution in [1.82, 2.24) is 9.13 Å². The van der Waals surface area contributed by atoms with Crippen LogP contribution < -0.4 is 0 Å². The molecule has 0 atom stereocenters. The zero-order valence-corrected chi connectivity index (χ0v) is 27.8. The molecule has 5 aromatic carbocycles. The van der Waals surface area contributed by atoms with Gasteiger partial charge in [-0.15, -0.1) is 0 Å². The van der Waals surface area contributed by atoms with Crippen LogP contribution in [0, 0.1) is 0 Å². The standard InChI is InChI=1S/C46H38N2/c1-7-15-40-34(8-2)38-28-39-37-17-12-14-19-44(37)48(45(39)29-41(38)46(40,5)6)33-26-22-31(23-27-33)30-20-24-32(25-21-30)47-42(10-4)35(9-3)36-16-11-13-18-43(36)47/h7-29H,1,3-4H2,2,5-6H3/b34-8-,40-15+. The molecule has 1 aliphatic rings. The number of fused-ring (bicyclic) bond motifs is 5. The van der Waals surface area contributed by atoms with E-state index in [1.54, 1.807) is 0 Å². The lowest BCUT2D eigenvalue weighted by atomic mass is 9.82. The molecule has 1 aliphatic carbocycles. The van der Waals surface area contributed by atoms with Crippen LogP contribution in [-0.2, 0) is 5.41 Å². The van der Waals surface area contributed by atoms with Gasteiger partial charge in [0.1, 0.15) is 0 Å². The predicted molar refractivity (Wildman–Crippen MR) is 208 cm³/mol. The number of hydrogen-bond donors (Lipinski definition) is 0. The van der Waals surface area contributed by atoms with Gasteiger partial charge in [-0.05, 0) is 94.9 Å². The Balaban J connectivity index is 1.22. The molecular formula is C46H38N2. The summed E-state index contributed by atoms with van der Waals surface area (Å²) in [6, 6.07) is 39.8. The smallest absolute Gasteiger partial charge is 0.0544 e. The maximum atomic E-state index is 4.12. The first-order chi connectivity index (χ1) is 23.4. The molecule has 0 saturated heterocycles. The van der Waals surface area contributed by atoms with Crippen LogP contribution in [0.3, 0.4) is 0 Å². The lowest BCUT2D eigenvalue weighted by Gasteiger charge is -2.22. The van der Waals surface area contributed by atoms with Crippen molar-refractivity contribution >= 4 is 50.4 Å². The first-order valence-electron chi connectivity index (χ1n) is 16.6. The highest BCUT2D eigenvalue weighted by molar-refractivity contribution is 6.11. The zero-order valence-electron chi connectivity index (χ0n) is 27.8. The normalized spacial score (nSPS) is 15.5. The molecule has 0 amide bonds. The predicted octanol–water partition coefficient (Wildman–Crippen LogP) is 12.5. The van der Waals surface area contributed by atoms with E-state index in [-0.39, 0.29) is 5.41 Å². The molecule has 8 rings (SSSR count). The van der Waals surface area contributed by atoms with E-state index in [1.165, 1.54) is 60.6 Å². The summed E-state index contributed by atoms with van der Waals surface area (Å²) < 4.78 is 4.69. The Labute approximate surface area is 282 Å². The highest BCUT2D eigenvalue weighted by atomic mass is 15.0. The fraction of sp³-hybridized carbons (Fsp3) is 0.0870. The third-order valence-electron chi connectivity index (χ3n) is 10.2. The molecule has 0 aliphatic heterocycles. The van der Waals surface area contributed by atoms with Gasteiger partial charge in [-0.3, -0.25) is 0 Å². The minimum atomic E-state index is -0.122. The number of hydrogen-bond acceptors (Lipinski definition) is 0. The fourth-order valence-corrected chi connectivity index (χ4v) is 7.97. The quantitative estimate of drug-likeness (QED) is 0.175. The molecule has 232 valence electrons. The van der Waals surface area contributed by atoms with E-state index in [2.05, 4.69) is 171 Å². The summed E-state index contributed by atoms with van der Waals surface area (Å²) in [5.74, 6) is 0. The number of benzene rings is 5. The second-order valence-electron chi connectivity index (χ2n) is 13.1. The highest BCUT2D eigenvalue weighted by Gasteiger charge is 2.38. The lowest BCUT2D eigenvalue weighted by molar-refractivity contribution is 0.661. The first-order valence-corrected chi connectivity index (χ1v) is 16.6. The van der Waals surface area contributed by atoms with Gasteiger partial charge in [0.05, 0.1) is 22.2 Å². The summed E-state index contributed by atoms with van der Waals surface area (Å²) >= 11 is 0. The van der Waals surface area contributed by atoms with Crippen molar-refractivity contribution in [3.8, 4) is 22.5 Å². The molecule has 0 saturated carbocycles. The van der Waals surface area contributed by atoms with Crippen molar-refractivity contribution in [2.24, 2.45) is 0 Å². The number of rotatable bonds is 6. The van der Waals surface area contributed by atoms with Crippen LogP contribution >= 0.6 is 0 Å². The van der Waals surface area contributed by atoms with Gasteiger partial charge < -0.3 is 9.13 Å². The fourth-order valence-electron chi connectivity index (χ4n) is 7.97. The molecule has 0 spiro atoms. The first kappa shape index (κ1) is 29.5. The van der Waals surface area contributed by atoms with Crippen LogP contribution in [0.2, 0.25) is 0 Å². The van der Waals surface area contributed by atoms with Crippen molar-refractivity contribution in [1.29, 1.82) is 0 Å². The molecule has 0 N–H and O–H groups in total. The Hall–Kier alpha value is -5.86. The molecule has 2 aromatic heterocycles. The lowest BCUT2D eigenvalue weighted by Crippen LogP contribution is -2.15. The summed E-state index contributed by atoms with van der Waals surface area (Å²) in [5.41, 5.74) is 15.5. The van der Waals surface area contributed by atoms with E-state index in [4.69, 9.17) is 0 Å². The van der Waals surface area contributed by atoms with Crippen LogP contribution in [0.15, 0.2) is 153 Å². The van der Waals surface area contributed by atoms with Crippen molar-refractivity contribution in [2.75, 3.05) is 0 Å². The van der Waals surface area contributed by atoms with Gasteiger partial charge in [0.15, 0.2) is 0 Å². The van der Waals surface area contributed by atoms with E-state index in [9.17, 15) is 0 Å². The van der Waals surface area contributed by atoms with E-state index < -0.39 is 0 Å². The Kier molecular flexibility index (Phi) is 6.85. The Morgan fingerprint density at radius 3 is 1.77 bits per heavy atom. The summed E-state index contributed by atoms with van der Waals surface area (Å²) in [5, 5.41) is 3.71. The second-order valence-corrected chi connectivity index (χ2v) is 13.1. The van der Waals surface area contributed by atoms with Crippen LogP contribution in [0.4, 0.5) is 0 Å². The van der Waals surface area contributed by atoms with Crippen LogP contribution in [0.1, 0.15) is 43.2 Å². The van der Waals surface area contributed by atoms with Gasteiger partial charge in [-0.25, -0.2) is 0 Å². The molecule has 2 heteroatoms. The summed E-state index contributed by atoms with van der Waals surface area (Å²) in [4.78, 5) is 0. The second kappa shape index (κ2) is 11.1. The van der Waals surface area contributed by atoms with E-state index in [0.717, 1.165) is 28.1 Å². The van der Waals surface area contributed by atoms with Crippen LogP contribution in [0.5, 0.6) is 0 Å². The Morgan fingerprint density at radius 2 is 1.19 bits per heavy atom. The molecule has 0 radical (unpaired) electrons. The van der Waals surface area contributed by atoms with Gasteiger partial charge in [0.25, 0.3) is 0 Å². The van der Waals surface area contributed by atoms with Crippen molar-refractivity contribution in [3.63, 3.8) is 0 Å². The monoisotopic (exact) mass is 618 g/mol. The largest absolute Gasteiger partial charge is 0.309 e. The Bertz CT molecular complexity index is 2500. The molecule has 2 nitrogen and oxygen atoms in total. The molecule has 0 fully saturated rings. The molecular weight excluding hydrogens is 581 g/mol. The van der Waals surface area contributed by atoms with E-state index >= 15 is 0 Å². The van der Waals surface area contributed by atoms with Gasteiger partial charge in [0, 0.05) is 38.5 Å². The molecule has 7 aromatic rings. The maximum Gasteiger partial charge on any atom is 0.0544 e. The van der Waals surface area contributed by atoms with Gasteiger partial charge in [-0.1, -0.05) is 119 Å². The van der Waals surface area contributed by atoms with E-state index in [0.29, 0.717) is 0 Å². The summed E-state index contributed by atoms with van der Waals surface area (Å²) in [6.45, 7) is 19.0. The molecule has 0 bridgehead atoms. The maximum absolute atomic E-state index is 4.12. The number of allylic oxidation sites excluding steroid dienone is 5. The molecule has 0 unspecified atom stereocenters. The number of nitrogens with zero attached hydrogens (tertiary/aromatic N) is 2. The topological polar surface area (TPSA) is 9.86 Å². The average molecular weight is 619 g/mol. The highest BCUT2D eigenvalue weighted by Crippen LogP contribution is 2.51. The minimum Gasteiger partial charge on any atom is -0.309 e. The van der Waals surface area contributed by atoms with Crippen molar-refractivity contribution in [2.45, 2.75) is 26.2 Å². The number of aromatic nitrogens is 2.